The van der Waals surface area contributed by atoms with E-state index in [-0.39, 0.29) is 0 Å². The van der Waals surface area contributed by atoms with Gasteiger partial charge in [0.05, 0.1) is 0 Å². The maximum atomic E-state index is 5.63. The number of nitrogens with two attached hydrogens (primary N) is 2. The fourth-order valence-electron chi connectivity index (χ4n) is 1.60. The smallest absolute Gasteiger partial charge is 0.0400 e. The number of nitrogens with one attached hydrogen (secondary N) is 1. The second kappa shape index (κ2) is 5.37. The molecule has 0 atom stereocenters. The highest BCUT2D eigenvalue weighted by Crippen LogP contribution is 2.12. The minimum Gasteiger partial charge on any atom is -0.399 e. The molecule has 2 aromatic carbocycles. The van der Waals surface area contributed by atoms with E-state index in [1.54, 1.807) is 0 Å². The molecule has 0 amide bonds. The van der Waals surface area contributed by atoms with E-state index >= 15 is 0 Å². The highest BCUT2D eigenvalue weighted by Gasteiger charge is 1.94. The van der Waals surface area contributed by atoms with Crippen LogP contribution in [0.3, 0.4) is 0 Å². The lowest BCUT2D eigenvalue weighted by atomic mass is 10.2. The molecule has 0 saturated carbocycles. The maximum Gasteiger partial charge on any atom is 0.0400 e. The first-order valence-electron chi connectivity index (χ1n) is 5.65. The largest absolute Gasteiger partial charge is 0.399 e. The second-order valence-electron chi connectivity index (χ2n) is 4.00. The fourth-order valence-corrected chi connectivity index (χ4v) is 1.60. The van der Waals surface area contributed by atoms with E-state index in [4.69, 9.17) is 11.5 Å². The van der Waals surface area contributed by atoms with E-state index in [1.165, 1.54) is 5.56 Å². The quantitative estimate of drug-likeness (QED) is 0.702. The summed E-state index contributed by atoms with van der Waals surface area (Å²) in [6.45, 7) is 1.38. The monoisotopic (exact) mass is 227 g/mol. The van der Waals surface area contributed by atoms with Crippen molar-refractivity contribution in [3.05, 3.63) is 59.7 Å². The molecule has 0 aliphatic heterocycles. The Labute approximate surface area is 101 Å². The molecule has 0 unspecified atom stereocenters. The third-order valence-electron chi connectivity index (χ3n) is 2.67. The average Bonchev–Trinajstić information content (AvgIpc) is 2.39. The van der Waals surface area contributed by atoms with Crippen LogP contribution in [0, 0.1) is 0 Å². The van der Waals surface area contributed by atoms with Crippen LogP contribution in [0.4, 0.5) is 11.4 Å². The van der Waals surface area contributed by atoms with Gasteiger partial charge in [0.15, 0.2) is 0 Å². The Balaban J connectivity index is 1.95. The maximum absolute atomic E-state index is 5.63. The van der Waals surface area contributed by atoms with Gasteiger partial charge in [0.1, 0.15) is 0 Å². The van der Waals surface area contributed by atoms with Crippen LogP contribution < -0.4 is 16.8 Å². The van der Waals surface area contributed by atoms with Gasteiger partial charge in [0.25, 0.3) is 0 Å². The van der Waals surface area contributed by atoms with Crippen molar-refractivity contribution in [2.24, 2.45) is 5.73 Å². The highest BCUT2D eigenvalue weighted by atomic mass is 14.9. The number of hydrogen-bond donors (Lipinski definition) is 3. The zero-order chi connectivity index (χ0) is 12.1. The summed E-state index contributed by atoms with van der Waals surface area (Å²) in [5.74, 6) is 0. The van der Waals surface area contributed by atoms with Crippen molar-refractivity contribution in [1.82, 2.24) is 0 Å². The predicted octanol–water partition coefficient (Wildman–Crippen LogP) is 2.34. The van der Waals surface area contributed by atoms with E-state index < -0.39 is 0 Å². The first-order chi connectivity index (χ1) is 8.28. The number of anilines is 2. The molecule has 0 aliphatic rings. The van der Waals surface area contributed by atoms with Crippen LogP contribution in [0.15, 0.2) is 48.5 Å². The summed E-state index contributed by atoms with van der Waals surface area (Å²) in [4.78, 5) is 0. The van der Waals surface area contributed by atoms with E-state index in [1.807, 2.05) is 48.5 Å². The lowest BCUT2D eigenvalue weighted by Gasteiger charge is -2.07. The lowest BCUT2D eigenvalue weighted by molar-refractivity contribution is 1.07. The van der Waals surface area contributed by atoms with Gasteiger partial charge in [-0.1, -0.05) is 24.3 Å². The number of rotatable bonds is 4. The van der Waals surface area contributed by atoms with Gasteiger partial charge in [0, 0.05) is 24.5 Å². The highest BCUT2D eigenvalue weighted by molar-refractivity contribution is 5.46. The first-order valence-corrected chi connectivity index (χ1v) is 5.65. The van der Waals surface area contributed by atoms with E-state index in [0.29, 0.717) is 6.54 Å². The summed E-state index contributed by atoms with van der Waals surface area (Å²) < 4.78 is 0. The molecule has 2 rings (SSSR count). The second-order valence-corrected chi connectivity index (χ2v) is 4.00. The third-order valence-corrected chi connectivity index (χ3v) is 2.67. The van der Waals surface area contributed by atoms with Crippen molar-refractivity contribution in [3.63, 3.8) is 0 Å². The standard InChI is InChI=1S/C14H17N3/c15-9-11-3-7-14(8-4-11)17-10-12-1-5-13(16)6-2-12/h1-8,17H,9-10,15-16H2. The summed E-state index contributed by atoms with van der Waals surface area (Å²) in [6.07, 6.45) is 0. The van der Waals surface area contributed by atoms with Gasteiger partial charge in [-0.15, -0.1) is 0 Å². The Bertz CT molecular complexity index is 460. The summed E-state index contributed by atoms with van der Waals surface area (Å²) in [6, 6.07) is 16.0. The molecule has 0 fully saturated rings. The Morgan fingerprint density at radius 3 is 2.00 bits per heavy atom. The molecule has 3 nitrogen and oxygen atoms in total. The van der Waals surface area contributed by atoms with Gasteiger partial charge in [0.2, 0.25) is 0 Å². The Hall–Kier alpha value is -2.00. The molecule has 5 N–H and O–H groups in total. The van der Waals surface area contributed by atoms with Crippen LogP contribution in [0.5, 0.6) is 0 Å². The molecule has 0 aliphatic carbocycles. The summed E-state index contributed by atoms with van der Waals surface area (Å²) in [5, 5.41) is 3.35. The third kappa shape index (κ3) is 3.23. The van der Waals surface area contributed by atoms with Gasteiger partial charge < -0.3 is 16.8 Å². The molecule has 0 radical (unpaired) electrons. The van der Waals surface area contributed by atoms with Crippen molar-refractivity contribution in [2.75, 3.05) is 11.1 Å². The Morgan fingerprint density at radius 2 is 1.41 bits per heavy atom. The molecule has 0 heterocycles. The van der Waals surface area contributed by atoms with E-state index in [9.17, 15) is 0 Å². The van der Waals surface area contributed by atoms with Crippen LogP contribution in [-0.4, -0.2) is 0 Å². The Morgan fingerprint density at radius 1 is 0.824 bits per heavy atom. The van der Waals surface area contributed by atoms with Crippen molar-refractivity contribution >= 4 is 11.4 Å². The first kappa shape index (κ1) is 11.5. The molecule has 17 heavy (non-hydrogen) atoms. The zero-order valence-electron chi connectivity index (χ0n) is 9.69. The van der Waals surface area contributed by atoms with Crippen molar-refractivity contribution in [2.45, 2.75) is 13.1 Å². The molecule has 3 heteroatoms. The molecule has 2 aromatic rings. The van der Waals surface area contributed by atoms with Crippen LogP contribution in [0.1, 0.15) is 11.1 Å². The average molecular weight is 227 g/mol. The summed E-state index contributed by atoms with van der Waals surface area (Å²) >= 11 is 0. The van der Waals surface area contributed by atoms with Gasteiger partial charge in [-0.25, -0.2) is 0 Å². The van der Waals surface area contributed by atoms with Gasteiger partial charge in [-0.05, 0) is 35.4 Å². The normalized spacial score (nSPS) is 10.2. The lowest BCUT2D eigenvalue weighted by Crippen LogP contribution is -2.00. The number of nitrogen functional groups attached to an aromatic ring is 1. The SMILES string of the molecule is NCc1ccc(NCc2ccc(N)cc2)cc1. The topological polar surface area (TPSA) is 64.1 Å². The predicted molar refractivity (Wildman–Crippen MR) is 72.5 cm³/mol. The molecule has 0 aromatic heterocycles. The van der Waals surface area contributed by atoms with Gasteiger partial charge in [-0.3, -0.25) is 0 Å². The number of benzene rings is 2. The van der Waals surface area contributed by atoms with Crippen LogP contribution in [0.2, 0.25) is 0 Å². The van der Waals surface area contributed by atoms with Crippen LogP contribution in [-0.2, 0) is 13.1 Å². The van der Waals surface area contributed by atoms with Crippen LogP contribution >= 0.6 is 0 Å². The van der Waals surface area contributed by atoms with Crippen molar-refractivity contribution in [3.8, 4) is 0 Å². The Kier molecular flexibility index (Phi) is 3.62. The summed E-state index contributed by atoms with van der Waals surface area (Å²) in [7, 11) is 0. The van der Waals surface area contributed by atoms with Crippen molar-refractivity contribution < 1.29 is 0 Å². The van der Waals surface area contributed by atoms with Crippen molar-refractivity contribution in [1.29, 1.82) is 0 Å². The molecular weight excluding hydrogens is 210 g/mol. The molecule has 0 bridgehead atoms. The van der Waals surface area contributed by atoms with E-state index in [0.717, 1.165) is 23.5 Å². The minimum absolute atomic E-state index is 0.582. The molecule has 88 valence electrons. The number of hydrogen-bond acceptors (Lipinski definition) is 3. The molecular formula is C14H17N3. The fraction of sp³-hybridized carbons (Fsp3) is 0.143. The minimum atomic E-state index is 0.582. The molecule has 0 saturated heterocycles. The molecule has 0 spiro atoms. The van der Waals surface area contributed by atoms with Crippen LogP contribution in [0.25, 0.3) is 0 Å². The zero-order valence-corrected chi connectivity index (χ0v) is 9.69. The van der Waals surface area contributed by atoms with E-state index in [2.05, 4.69) is 5.32 Å². The van der Waals surface area contributed by atoms with Gasteiger partial charge in [-0.2, -0.15) is 0 Å². The van der Waals surface area contributed by atoms with Gasteiger partial charge >= 0.3 is 0 Å². The summed E-state index contributed by atoms with van der Waals surface area (Å²) in [5.41, 5.74) is 15.4.